The summed E-state index contributed by atoms with van der Waals surface area (Å²) in [7, 11) is 1.90. The fraction of sp³-hybridized carbons (Fsp3) is 0.524. The van der Waals surface area contributed by atoms with Crippen LogP contribution in [0.15, 0.2) is 47.7 Å². The number of hydrogen-bond acceptors (Lipinski definition) is 2. The minimum atomic E-state index is 0. The van der Waals surface area contributed by atoms with Crippen LogP contribution in [0.25, 0.3) is 0 Å². The summed E-state index contributed by atoms with van der Waals surface area (Å²) < 4.78 is 1.96. The molecule has 5 nitrogen and oxygen atoms in total. The van der Waals surface area contributed by atoms with Gasteiger partial charge in [0, 0.05) is 39.1 Å². The van der Waals surface area contributed by atoms with Crippen molar-refractivity contribution in [3.63, 3.8) is 0 Å². The first kappa shape index (κ1) is 20.2. The second-order valence-corrected chi connectivity index (χ2v) is 7.63. The van der Waals surface area contributed by atoms with Gasteiger partial charge in [-0.2, -0.15) is 5.10 Å². The Bertz CT molecular complexity index is 729. The lowest BCUT2D eigenvalue weighted by atomic mass is 9.82. The van der Waals surface area contributed by atoms with Gasteiger partial charge in [-0.25, -0.2) is 0 Å². The number of fused-ring (bicyclic) bond motifs is 1. The van der Waals surface area contributed by atoms with Crippen molar-refractivity contribution in [2.45, 2.75) is 38.8 Å². The Balaban J connectivity index is 0.00000210. The molecule has 1 saturated heterocycles. The highest BCUT2D eigenvalue weighted by molar-refractivity contribution is 14.0. The molecule has 2 atom stereocenters. The van der Waals surface area contributed by atoms with E-state index in [0.717, 1.165) is 30.9 Å². The highest BCUT2D eigenvalue weighted by Gasteiger charge is 2.35. The zero-order chi connectivity index (χ0) is 17.8. The molecule has 1 aliphatic carbocycles. The van der Waals surface area contributed by atoms with Crippen molar-refractivity contribution in [3.05, 3.63) is 53.9 Å². The molecular weight excluding hydrogens is 449 g/mol. The Morgan fingerprint density at radius 3 is 2.56 bits per heavy atom. The molecule has 2 aromatic rings. The Labute approximate surface area is 179 Å². The number of guanidine groups is 1. The number of benzene rings is 1. The predicted octanol–water partition coefficient (Wildman–Crippen LogP) is 3.75. The zero-order valence-electron chi connectivity index (χ0n) is 16.1. The molecule has 0 bridgehead atoms. The fourth-order valence-electron chi connectivity index (χ4n) is 4.51. The van der Waals surface area contributed by atoms with Gasteiger partial charge in [0.05, 0.1) is 6.54 Å². The van der Waals surface area contributed by atoms with E-state index < -0.39 is 0 Å². The maximum absolute atomic E-state index is 4.54. The SMILES string of the molecule is CN=C(NCc1cccc(Cn2cccn2)c1)N1CC2CCCCC2C1.I. The van der Waals surface area contributed by atoms with Crippen LogP contribution in [0.1, 0.15) is 36.8 Å². The maximum atomic E-state index is 4.54. The number of aliphatic imine (C=N–C) groups is 1. The van der Waals surface area contributed by atoms with Crippen LogP contribution in [0, 0.1) is 11.8 Å². The minimum Gasteiger partial charge on any atom is -0.352 e. The van der Waals surface area contributed by atoms with Crippen molar-refractivity contribution in [1.29, 1.82) is 0 Å². The third kappa shape index (κ3) is 5.03. The molecule has 1 aliphatic heterocycles. The Hall–Kier alpha value is -1.57. The number of rotatable bonds is 4. The molecule has 1 aromatic carbocycles. The molecule has 0 spiro atoms. The molecule has 2 heterocycles. The number of nitrogens with zero attached hydrogens (tertiary/aromatic N) is 4. The summed E-state index contributed by atoms with van der Waals surface area (Å²) in [5, 5.41) is 7.87. The van der Waals surface area contributed by atoms with Gasteiger partial charge in [0.15, 0.2) is 5.96 Å². The summed E-state index contributed by atoms with van der Waals surface area (Å²) in [6.45, 7) is 3.96. The quantitative estimate of drug-likeness (QED) is 0.413. The van der Waals surface area contributed by atoms with Crippen molar-refractivity contribution in [3.8, 4) is 0 Å². The van der Waals surface area contributed by atoms with Crippen molar-refractivity contribution in [2.24, 2.45) is 16.8 Å². The van der Waals surface area contributed by atoms with Crippen molar-refractivity contribution in [1.82, 2.24) is 20.0 Å². The highest BCUT2D eigenvalue weighted by atomic mass is 127. The van der Waals surface area contributed by atoms with Crippen molar-refractivity contribution in [2.75, 3.05) is 20.1 Å². The van der Waals surface area contributed by atoms with Crippen LogP contribution < -0.4 is 5.32 Å². The first-order chi connectivity index (χ1) is 12.8. The fourth-order valence-corrected chi connectivity index (χ4v) is 4.51. The molecule has 4 rings (SSSR count). The highest BCUT2D eigenvalue weighted by Crippen LogP contribution is 2.35. The van der Waals surface area contributed by atoms with Gasteiger partial charge in [-0.15, -0.1) is 24.0 Å². The Morgan fingerprint density at radius 1 is 1.15 bits per heavy atom. The molecule has 1 N–H and O–H groups in total. The zero-order valence-corrected chi connectivity index (χ0v) is 18.4. The molecular formula is C21H30IN5. The summed E-state index contributed by atoms with van der Waals surface area (Å²) in [5.74, 6) is 2.80. The van der Waals surface area contributed by atoms with Crippen LogP contribution in [0.3, 0.4) is 0 Å². The molecule has 0 amide bonds. The van der Waals surface area contributed by atoms with Gasteiger partial charge in [0.1, 0.15) is 0 Å². The lowest BCUT2D eigenvalue weighted by molar-refractivity contribution is 0.299. The van der Waals surface area contributed by atoms with Gasteiger partial charge in [0.25, 0.3) is 0 Å². The first-order valence-corrected chi connectivity index (χ1v) is 9.82. The largest absolute Gasteiger partial charge is 0.352 e. The monoisotopic (exact) mass is 479 g/mol. The first-order valence-electron chi connectivity index (χ1n) is 9.82. The molecule has 1 saturated carbocycles. The van der Waals surface area contributed by atoms with Crippen LogP contribution in [-0.4, -0.2) is 40.8 Å². The van der Waals surface area contributed by atoms with E-state index in [2.05, 4.69) is 44.6 Å². The number of nitrogens with one attached hydrogen (secondary N) is 1. The van der Waals surface area contributed by atoms with Gasteiger partial charge in [-0.1, -0.05) is 37.1 Å². The summed E-state index contributed by atoms with van der Waals surface area (Å²) in [6.07, 6.45) is 9.43. The lowest BCUT2D eigenvalue weighted by Gasteiger charge is -2.22. The van der Waals surface area contributed by atoms with E-state index in [-0.39, 0.29) is 24.0 Å². The minimum absolute atomic E-state index is 0. The molecule has 6 heteroatoms. The van der Waals surface area contributed by atoms with E-state index >= 15 is 0 Å². The molecule has 27 heavy (non-hydrogen) atoms. The third-order valence-electron chi connectivity index (χ3n) is 5.83. The lowest BCUT2D eigenvalue weighted by Crippen LogP contribution is -2.39. The van der Waals surface area contributed by atoms with Gasteiger partial charge >= 0.3 is 0 Å². The number of hydrogen-bond donors (Lipinski definition) is 1. The van der Waals surface area contributed by atoms with Gasteiger partial charge in [-0.3, -0.25) is 9.67 Å². The standard InChI is InChI=1S/C21H29N5.HI/c1-22-21(25-15-19-8-2-3-9-20(19)16-25)23-13-17-6-4-7-18(12-17)14-26-11-5-10-24-26;/h4-7,10-12,19-20H,2-3,8-9,13-16H2,1H3,(H,22,23);1H. The van der Waals surface area contributed by atoms with Crippen LogP contribution in [-0.2, 0) is 13.1 Å². The summed E-state index contributed by atoms with van der Waals surface area (Å²) in [6, 6.07) is 10.7. The van der Waals surface area contributed by atoms with Gasteiger partial charge < -0.3 is 10.2 Å². The Morgan fingerprint density at radius 2 is 1.89 bits per heavy atom. The number of aromatic nitrogens is 2. The average molecular weight is 479 g/mol. The maximum Gasteiger partial charge on any atom is 0.193 e. The van der Waals surface area contributed by atoms with E-state index in [9.17, 15) is 0 Å². The smallest absolute Gasteiger partial charge is 0.193 e. The van der Waals surface area contributed by atoms with E-state index in [4.69, 9.17) is 0 Å². The van der Waals surface area contributed by atoms with Crippen LogP contribution in [0.2, 0.25) is 0 Å². The Kier molecular flexibility index (Phi) is 7.15. The molecule has 2 fully saturated rings. The molecule has 1 aromatic heterocycles. The van der Waals surface area contributed by atoms with E-state index in [1.165, 1.54) is 49.9 Å². The molecule has 2 unspecified atom stereocenters. The van der Waals surface area contributed by atoms with Gasteiger partial charge in [-0.05, 0) is 41.9 Å². The summed E-state index contributed by atoms with van der Waals surface area (Å²) in [4.78, 5) is 7.01. The number of likely N-dealkylation sites (tertiary alicyclic amines) is 1. The van der Waals surface area contributed by atoms with E-state index in [1.807, 2.05) is 30.2 Å². The van der Waals surface area contributed by atoms with Crippen LogP contribution in [0.4, 0.5) is 0 Å². The number of halogens is 1. The summed E-state index contributed by atoms with van der Waals surface area (Å²) >= 11 is 0. The van der Waals surface area contributed by atoms with Crippen LogP contribution in [0.5, 0.6) is 0 Å². The topological polar surface area (TPSA) is 45.5 Å². The second kappa shape index (κ2) is 9.57. The van der Waals surface area contributed by atoms with Crippen LogP contribution >= 0.6 is 24.0 Å². The molecule has 0 radical (unpaired) electrons. The molecule has 146 valence electrons. The molecule has 2 aliphatic rings. The van der Waals surface area contributed by atoms with Crippen molar-refractivity contribution >= 4 is 29.9 Å². The normalized spacial score (nSPS) is 22.3. The second-order valence-electron chi connectivity index (χ2n) is 7.63. The van der Waals surface area contributed by atoms with E-state index in [0.29, 0.717) is 0 Å². The third-order valence-corrected chi connectivity index (χ3v) is 5.83. The summed E-state index contributed by atoms with van der Waals surface area (Å²) in [5.41, 5.74) is 2.56. The van der Waals surface area contributed by atoms with Gasteiger partial charge in [0.2, 0.25) is 0 Å². The predicted molar refractivity (Wildman–Crippen MR) is 120 cm³/mol. The van der Waals surface area contributed by atoms with Crippen molar-refractivity contribution < 1.29 is 0 Å². The average Bonchev–Trinajstić information content (AvgIpc) is 3.32. The van der Waals surface area contributed by atoms with E-state index in [1.54, 1.807) is 0 Å².